The van der Waals surface area contributed by atoms with Gasteiger partial charge in [0, 0.05) is 6.04 Å². The molecule has 1 aromatic carbocycles. The van der Waals surface area contributed by atoms with Crippen molar-refractivity contribution >= 4 is 11.7 Å². The number of hydrogen-bond donors (Lipinski definition) is 2. The van der Waals surface area contributed by atoms with Crippen molar-refractivity contribution in [1.82, 2.24) is 0 Å². The fraction of sp³-hybridized carbons (Fsp3) is 0.562. The molecule has 1 fully saturated rings. The molecule has 4 heteroatoms. The predicted molar refractivity (Wildman–Crippen MR) is 79.6 cm³/mol. The van der Waals surface area contributed by atoms with Crippen LogP contribution in [0.2, 0.25) is 0 Å². The number of rotatable bonds is 5. The lowest BCUT2D eigenvalue weighted by molar-refractivity contribution is 0.0697. The first-order valence-corrected chi connectivity index (χ1v) is 7.29. The van der Waals surface area contributed by atoms with Crippen LogP contribution in [0.4, 0.5) is 5.69 Å². The maximum atomic E-state index is 11.1. The molecule has 0 aliphatic heterocycles. The van der Waals surface area contributed by atoms with E-state index in [1.807, 2.05) is 0 Å². The molecule has 0 amide bonds. The van der Waals surface area contributed by atoms with Gasteiger partial charge in [0.2, 0.25) is 0 Å². The van der Waals surface area contributed by atoms with Crippen LogP contribution in [0.25, 0.3) is 0 Å². The minimum Gasteiger partial charge on any atom is -0.495 e. The van der Waals surface area contributed by atoms with Gasteiger partial charge in [-0.25, -0.2) is 4.79 Å². The van der Waals surface area contributed by atoms with Gasteiger partial charge in [-0.05, 0) is 43.9 Å². The quantitative estimate of drug-likeness (QED) is 0.860. The van der Waals surface area contributed by atoms with Crippen LogP contribution in [0, 0.1) is 5.92 Å². The van der Waals surface area contributed by atoms with E-state index in [1.165, 1.54) is 32.1 Å². The Bertz CT molecular complexity index is 467. The van der Waals surface area contributed by atoms with Gasteiger partial charge in [-0.1, -0.05) is 19.3 Å². The minimum absolute atomic E-state index is 0.282. The van der Waals surface area contributed by atoms with Crippen molar-refractivity contribution in [3.63, 3.8) is 0 Å². The van der Waals surface area contributed by atoms with E-state index < -0.39 is 5.97 Å². The second-order valence-corrected chi connectivity index (χ2v) is 5.55. The van der Waals surface area contributed by atoms with Crippen LogP contribution in [0.1, 0.15) is 49.4 Å². The van der Waals surface area contributed by atoms with E-state index in [2.05, 4.69) is 12.2 Å². The third kappa shape index (κ3) is 3.44. The maximum absolute atomic E-state index is 11.1. The van der Waals surface area contributed by atoms with Crippen LogP contribution in [0.5, 0.6) is 5.75 Å². The van der Waals surface area contributed by atoms with Gasteiger partial charge in [-0.15, -0.1) is 0 Å². The Morgan fingerprint density at radius 3 is 2.65 bits per heavy atom. The lowest BCUT2D eigenvalue weighted by atomic mass is 9.84. The molecule has 2 rings (SSSR count). The Hall–Kier alpha value is -1.71. The summed E-state index contributed by atoms with van der Waals surface area (Å²) >= 11 is 0. The maximum Gasteiger partial charge on any atom is 0.335 e. The lowest BCUT2D eigenvalue weighted by Gasteiger charge is -2.29. The highest BCUT2D eigenvalue weighted by Crippen LogP contribution is 2.31. The molecule has 1 unspecified atom stereocenters. The zero-order chi connectivity index (χ0) is 14.5. The molecule has 2 N–H and O–H groups in total. The van der Waals surface area contributed by atoms with Crippen molar-refractivity contribution in [1.29, 1.82) is 0 Å². The number of methoxy groups -OCH3 is 1. The molecule has 1 atom stereocenters. The molecule has 0 heterocycles. The average molecular weight is 277 g/mol. The highest BCUT2D eigenvalue weighted by atomic mass is 16.5. The van der Waals surface area contributed by atoms with Crippen molar-refractivity contribution in [2.24, 2.45) is 5.92 Å². The Balaban J connectivity index is 2.13. The van der Waals surface area contributed by atoms with E-state index in [0.717, 1.165) is 5.69 Å². The van der Waals surface area contributed by atoms with Gasteiger partial charge in [0.05, 0.1) is 18.4 Å². The smallest absolute Gasteiger partial charge is 0.335 e. The van der Waals surface area contributed by atoms with Crippen molar-refractivity contribution in [2.75, 3.05) is 12.4 Å². The van der Waals surface area contributed by atoms with Gasteiger partial charge in [0.25, 0.3) is 0 Å². The van der Waals surface area contributed by atoms with Crippen LogP contribution in [0.3, 0.4) is 0 Å². The minimum atomic E-state index is -0.916. The fourth-order valence-electron chi connectivity index (χ4n) is 2.95. The molecule has 4 nitrogen and oxygen atoms in total. The number of aromatic carboxylic acids is 1. The molecule has 1 saturated carbocycles. The fourth-order valence-corrected chi connectivity index (χ4v) is 2.95. The summed E-state index contributed by atoms with van der Waals surface area (Å²) in [5.74, 6) is 0.431. The zero-order valence-electron chi connectivity index (χ0n) is 12.2. The molecule has 1 aromatic rings. The van der Waals surface area contributed by atoms with E-state index in [4.69, 9.17) is 9.84 Å². The molecule has 0 bridgehead atoms. The van der Waals surface area contributed by atoms with Gasteiger partial charge in [-0.3, -0.25) is 0 Å². The van der Waals surface area contributed by atoms with Crippen LogP contribution in [-0.4, -0.2) is 24.2 Å². The Kier molecular flexibility index (Phi) is 4.88. The summed E-state index contributed by atoms with van der Waals surface area (Å²) in [5.41, 5.74) is 1.05. The van der Waals surface area contributed by atoms with Crippen LogP contribution < -0.4 is 10.1 Å². The molecule has 110 valence electrons. The number of carboxylic acids is 1. The molecule has 0 saturated heterocycles. The molecule has 1 aliphatic rings. The molecule has 0 radical (unpaired) electrons. The predicted octanol–water partition coefficient (Wildman–Crippen LogP) is 3.77. The van der Waals surface area contributed by atoms with Crippen LogP contribution >= 0.6 is 0 Å². The third-order valence-corrected chi connectivity index (χ3v) is 4.19. The van der Waals surface area contributed by atoms with Gasteiger partial charge in [-0.2, -0.15) is 0 Å². The first kappa shape index (κ1) is 14.7. The van der Waals surface area contributed by atoms with Gasteiger partial charge < -0.3 is 15.2 Å². The Morgan fingerprint density at radius 1 is 1.35 bits per heavy atom. The summed E-state index contributed by atoms with van der Waals surface area (Å²) in [6, 6.07) is 5.26. The molecular weight excluding hydrogens is 254 g/mol. The van der Waals surface area contributed by atoms with Crippen LogP contribution in [-0.2, 0) is 0 Å². The second kappa shape index (κ2) is 6.64. The second-order valence-electron chi connectivity index (χ2n) is 5.55. The molecule has 20 heavy (non-hydrogen) atoms. The Labute approximate surface area is 120 Å². The number of benzene rings is 1. The number of carbonyl (C=O) groups is 1. The van der Waals surface area contributed by atoms with Crippen molar-refractivity contribution in [3.8, 4) is 5.75 Å². The first-order chi connectivity index (χ1) is 9.61. The van der Waals surface area contributed by atoms with Gasteiger partial charge in [0.1, 0.15) is 5.75 Å². The van der Waals surface area contributed by atoms with E-state index in [9.17, 15) is 4.79 Å². The highest BCUT2D eigenvalue weighted by Gasteiger charge is 2.21. The standard InChI is InChI=1S/C16H23NO3/c1-11(12-6-4-3-5-7-12)17-14-10-13(16(18)19)8-9-15(14)20-2/h8-12,17H,3-7H2,1-2H3,(H,18,19). The molecule has 1 aliphatic carbocycles. The number of nitrogens with one attached hydrogen (secondary N) is 1. The summed E-state index contributed by atoms with van der Waals surface area (Å²) in [6.07, 6.45) is 6.41. The monoisotopic (exact) mass is 277 g/mol. The van der Waals surface area contributed by atoms with Gasteiger partial charge in [0.15, 0.2) is 0 Å². The average Bonchev–Trinajstić information content (AvgIpc) is 2.48. The molecular formula is C16H23NO3. The third-order valence-electron chi connectivity index (χ3n) is 4.19. The molecule has 0 spiro atoms. The Morgan fingerprint density at radius 2 is 2.05 bits per heavy atom. The normalized spacial score (nSPS) is 17.5. The SMILES string of the molecule is COc1ccc(C(=O)O)cc1NC(C)C1CCCCC1. The summed E-state index contributed by atoms with van der Waals surface area (Å²) in [5, 5.41) is 12.5. The number of carboxylic acid groups (broad SMARTS) is 1. The number of anilines is 1. The first-order valence-electron chi connectivity index (χ1n) is 7.29. The topological polar surface area (TPSA) is 58.6 Å². The summed E-state index contributed by atoms with van der Waals surface area (Å²) < 4.78 is 5.31. The summed E-state index contributed by atoms with van der Waals surface area (Å²) in [6.45, 7) is 2.17. The number of hydrogen-bond acceptors (Lipinski definition) is 3. The van der Waals surface area contributed by atoms with E-state index in [1.54, 1.807) is 25.3 Å². The lowest BCUT2D eigenvalue weighted by Crippen LogP contribution is -2.28. The number of ether oxygens (including phenoxy) is 1. The summed E-state index contributed by atoms with van der Waals surface area (Å²) in [4.78, 5) is 11.1. The van der Waals surface area contributed by atoms with Crippen molar-refractivity contribution < 1.29 is 14.6 Å². The summed E-state index contributed by atoms with van der Waals surface area (Å²) in [7, 11) is 1.60. The van der Waals surface area contributed by atoms with E-state index in [0.29, 0.717) is 17.7 Å². The van der Waals surface area contributed by atoms with E-state index >= 15 is 0 Å². The van der Waals surface area contributed by atoms with Gasteiger partial charge >= 0.3 is 5.97 Å². The largest absolute Gasteiger partial charge is 0.495 e. The van der Waals surface area contributed by atoms with Crippen LogP contribution in [0.15, 0.2) is 18.2 Å². The highest BCUT2D eigenvalue weighted by molar-refractivity contribution is 5.89. The van der Waals surface area contributed by atoms with Crippen molar-refractivity contribution in [2.45, 2.75) is 45.1 Å². The molecule has 0 aromatic heterocycles. The van der Waals surface area contributed by atoms with Crippen molar-refractivity contribution in [3.05, 3.63) is 23.8 Å². The zero-order valence-corrected chi connectivity index (χ0v) is 12.2. The van der Waals surface area contributed by atoms with E-state index in [-0.39, 0.29) is 5.56 Å².